The minimum absolute atomic E-state index is 0.0919. The summed E-state index contributed by atoms with van der Waals surface area (Å²) >= 11 is 4.26. The first-order chi connectivity index (χ1) is 7.56. The van der Waals surface area contributed by atoms with Crippen LogP contribution in [0.5, 0.6) is 0 Å². The van der Waals surface area contributed by atoms with Gasteiger partial charge in [-0.05, 0) is 12.1 Å². The zero-order chi connectivity index (χ0) is 11.7. The van der Waals surface area contributed by atoms with Crippen LogP contribution in [0.1, 0.15) is 5.56 Å². The fourth-order valence-electron chi connectivity index (χ4n) is 1.19. The molecule has 0 radical (unpaired) electrons. The SMILES string of the molecule is O=C(O)OCc1cc2oc(=O)sc2cc1Br. The molecule has 2 aromatic rings. The third-order valence-corrected chi connectivity index (χ3v) is 3.38. The number of fused-ring (bicyclic) bond motifs is 1. The Balaban J connectivity index is 2.41. The van der Waals surface area contributed by atoms with Crippen LogP contribution in [0.3, 0.4) is 0 Å². The predicted molar refractivity (Wildman–Crippen MR) is 60.9 cm³/mol. The molecule has 0 fully saturated rings. The number of carboxylic acid groups (broad SMARTS) is 1. The molecule has 0 spiro atoms. The molecule has 0 saturated heterocycles. The van der Waals surface area contributed by atoms with Crippen LogP contribution in [0.25, 0.3) is 10.3 Å². The van der Waals surface area contributed by atoms with Gasteiger partial charge in [0.1, 0.15) is 12.2 Å². The second-order valence-corrected chi connectivity index (χ2v) is 4.73. The fraction of sp³-hybridized carbons (Fsp3) is 0.111. The molecule has 7 heteroatoms. The van der Waals surface area contributed by atoms with Gasteiger partial charge in [0.2, 0.25) is 0 Å². The van der Waals surface area contributed by atoms with Crippen molar-refractivity contribution in [2.75, 3.05) is 0 Å². The van der Waals surface area contributed by atoms with E-state index in [2.05, 4.69) is 20.7 Å². The van der Waals surface area contributed by atoms with Crippen molar-refractivity contribution in [1.82, 2.24) is 0 Å². The quantitative estimate of drug-likeness (QED) is 0.863. The predicted octanol–water partition coefficient (Wildman–Crippen LogP) is 2.81. The molecule has 2 rings (SSSR count). The molecule has 84 valence electrons. The molecule has 0 amide bonds. The van der Waals surface area contributed by atoms with Gasteiger partial charge in [-0.2, -0.15) is 0 Å². The number of halogens is 1. The highest BCUT2D eigenvalue weighted by molar-refractivity contribution is 9.10. The molecule has 0 aliphatic carbocycles. The molecule has 0 unspecified atom stereocenters. The summed E-state index contributed by atoms with van der Waals surface area (Å²) in [6, 6.07) is 3.28. The van der Waals surface area contributed by atoms with E-state index < -0.39 is 11.1 Å². The largest absolute Gasteiger partial charge is 0.506 e. The van der Waals surface area contributed by atoms with Crippen LogP contribution in [-0.2, 0) is 11.3 Å². The van der Waals surface area contributed by atoms with Crippen molar-refractivity contribution in [3.8, 4) is 0 Å². The van der Waals surface area contributed by atoms with E-state index in [1.807, 2.05) is 0 Å². The van der Waals surface area contributed by atoms with Crippen LogP contribution < -0.4 is 4.94 Å². The van der Waals surface area contributed by atoms with Crippen molar-refractivity contribution in [2.45, 2.75) is 6.61 Å². The van der Waals surface area contributed by atoms with Gasteiger partial charge in [0, 0.05) is 10.0 Å². The highest BCUT2D eigenvalue weighted by Gasteiger charge is 2.09. The lowest BCUT2D eigenvalue weighted by Gasteiger charge is -2.03. The molecule has 1 heterocycles. The van der Waals surface area contributed by atoms with Crippen molar-refractivity contribution in [3.05, 3.63) is 31.9 Å². The van der Waals surface area contributed by atoms with Gasteiger partial charge in [0.25, 0.3) is 0 Å². The monoisotopic (exact) mass is 304 g/mol. The van der Waals surface area contributed by atoms with Crippen LogP contribution >= 0.6 is 27.3 Å². The summed E-state index contributed by atoms with van der Waals surface area (Å²) in [7, 11) is 0. The van der Waals surface area contributed by atoms with Crippen molar-refractivity contribution in [1.29, 1.82) is 0 Å². The minimum Gasteiger partial charge on any atom is -0.450 e. The summed E-state index contributed by atoms with van der Waals surface area (Å²) in [6.45, 7) is -0.0919. The molecule has 1 aromatic heterocycles. The molecule has 0 aliphatic rings. The van der Waals surface area contributed by atoms with E-state index in [9.17, 15) is 9.59 Å². The molecule has 0 aliphatic heterocycles. The molecular formula is C9H5BrO5S. The van der Waals surface area contributed by atoms with Crippen LogP contribution in [0.2, 0.25) is 0 Å². The minimum atomic E-state index is -1.35. The van der Waals surface area contributed by atoms with Gasteiger partial charge in [-0.25, -0.2) is 9.59 Å². The van der Waals surface area contributed by atoms with Crippen LogP contribution in [0, 0.1) is 0 Å². The second kappa shape index (κ2) is 4.26. The van der Waals surface area contributed by atoms with Crippen LogP contribution in [-0.4, -0.2) is 11.3 Å². The molecule has 5 nitrogen and oxygen atoms in total. The van der Waals surface area contributed by atoms with Gasteiger partial charge >= 0.3 is 11.1 Å². The van der Waals surface area contributed by atoms with Crippen molar-refractivity contribution < 1.29 is 19.1 Å². The Bertz CT molecular complexity index is 599. The van der Waals surface area contributed by atoms with Crippen LogP contribution in [0.15, 0.2) is 25.8 Å². The maximum Gasteiger partial charge on any atom is 0.506 e. The van der Waals surface area contributed by atoms with Gasteiger partial charge in [-0.3, -0.25) is 0 Å². The number of benzene rings is 1. The van der Waals surface area contributed by atoms with Crippen LogP contribution in [0.4, 0.5) is 4.79 Å². The molecule has 1 N–H and O–H groups in total. The zero-order valence-corrected chi connectivity index (χ0v) is 10.1. The number of ether oxygens (including phenoxy) is 1. The normalized spacial score (nSPS) is 10.6. The molecular weight excluding hydrogens is 300 g/mol. The Morgan fingerprint density at radius 1 is 1.56 bits per heavy atom. The average molecular weight is 305 g/mol. The average Bonchev–Trinajstić information content (AvgIpc) is 2.53. The molecule has 0 bridgehead atoms. The summed E-state index contributed by atoms with van der Waals surface area (Å²) in [6.07, 6.45) is -1.35. The van der Waals surface area contributed by atoms with Gasteiger partial charge < -0.3 is 14.3 Å². The Morgan fingerprint density at radius 2 is 2.31 bits per heavy atom. The summed E-state index contributed by atoms with van der Waals surface area (Å²) < 4.78 is 10.7. The molecule has 0 saturated carbocycles. The third kappa shape index (κ3) is 2.25. The first-order valence-corrected chi connectivity index (χ1v) is 5.75. The first kappa shape index (κ1) is 11.2. The van der Waals surface area contributed by atoms with E-state index in [1.54, 1.807) is 12.1 Å². The van der Waals surface area contributed by atoms with Gasteiger partial charge in [0.05, 0.1) is 4.70 Å². The smallest absolute Gasteiger partial charge is 0.450 e. The van der Waals surface area contributed by atoms with Gasteiger partial charge in [-0.1, -0.05) is 27.3 Å². The zero-order valence-electron chi connectivity index (χ0n) is 7.73. The fourth-order valence-corrected chi connectivity index (χ4v) is 2.49. The van der Waals surface area contributed by atoms with Crippen molar-refractivity contribution in [2.24, 2.45) is 0 Å². The Kier molecular flexibility index (Phi) is 2.97. The standard InChI is InChI=1S/C9H5BrO5S/c10-5-2-7-6(15-9(13)16-7)1-4(5)3-14-8(11)12/h1-2H,3H2,(H,11,12). The summed E-state index contributed by atoms with van der Waals surface area (Å²) in [5.74, 6) is 0. The number of hydrogen-bond acceptors (Lipinski definition) is 5. The van der Waals surface area contributed by atoms with E-state index in [0.29, 0.717) is 20.3 Å². The molecule has 16 heavy (non-hydrogen) atoms. The van der Waals surface area contributed by atoms with Gasteiger partial charge in [0.15, 0.2) is 0 Å². The van der Waals surface area contributed by atoms with E-state index in [4.69, 9.17) is 9.52 Å². The summed E-state index contributed by atoms with van der Waals surface area (Å²) in [5.41, 5.74) is 1.04. The summed E-state index contributed by atoms with van der Waals surface area (Å²) in [5, 5.41) is 8.37. The summed E-state index contributed by atoms with van der Waals surface area (Å²) in [4.78, 5) is 20.8. The third-order valence-electron chi connectivity index (χ3n) is 1.85. The van der Waals surface area contributed by atoms with Gasteiger partial charge in [-0.15, -0.1) is 0 Å². The van der Waals surface area contributed by atoms with Crippen molar-refractivity contribution >= 4 is 43.7 Å². The van der Waals surface area contributed by atoms with E-state index in [0.717, 1.165) is 11.3 Å². The number of rotatable bonds is 2. The lowest BCUT2D eigenvalue weighted by molar-refractivity contribution is 0.0852. The molecule has 0 atom stereocenters. The first-order valence-electron chi connectivity index (χ1n) is 4.14. The maximum atomic E-state index is 11.0. The lowest BCUT2D eigenvalue weighted by atomic mass is 10.2. The number of hydrogen-bond donors (Lipinski definition) is 1. The lowest BCUT2D eigenvalue weighted by Crippen LogP contribution is -2.00. The highest BCUT2D eigenvalue weighted by atomic mass is 79.9. The number of carbonyl (C=O) groups is 1. The maximum absolute atomic E-state index is 11.0. The topological polar surface area (TPSA) is 76.7 Å². The molecule has 1 aromatic carbocycles. The van der Waals surface area contributed by atoms with E-state index in [1.165, 1.54) is 0 Å². The Hall–Kier alpha value is -1.34. The second-order valence-electron chi connectivity index (χ2n) is 2.90. The Morgan fingerprint density at radius 3 is 3.00 bits per heavy atom. The van der Waals surface area contributed by atoms with E-state index in [-0.39, 0.29) is 6.61 Å². The van der Waals surface area contributed by atoms with Crippen molar-refractivity contribution in [3.63, 3.8) is 0 Å². The highest BCUT2D eigenvalue weighted by Crippen LogP contribution is 2.26. The van der Waals surface area contributed by atoms with E-state index >= 15 is 0 Å². The Labute approximate surface area is 101 Å².